The fraction of sp³-hybridized carbons (Fsp3) is 0.652. The number of rotatable bonds is 1. The summed E-state index contributed by atoms with van der Waals surface area (Å²) in [5.41, 5.74) is 1.17. The minimum atomic E-state index is -0.409. The highest BCUT2D eigenvalue weighted by Crippen LogP contribution is 2.58. The van der Waals surface area contributed by atoms with Gasteiger partial charge in [0.05, 0.1) is 5.56 Å². The number of carbonyl (C=O) groups is 2. The number of carbonyl (C=O) groups excluding carboxylic acids is 2. The molecular weight excluding hydrogens is 350 g/mol. The number of likely N-dealkylation sites (tertiary alicyclic amines) is 1. The molecule has 1 spiro atoms. The molecule has 28 heavy (non-hydrogen) atoms. The van der Waals surface area contributed by atoms with E-state index in [1.165, 1.54) is 12.8 Å². The van der Waals surface area contributed by atoms with Crippen LogP contribution in [-0.4, -0.2) is 35.5 Å². The highest BCUT2D eigenvalue weighted by molar-refractivity contribution is 6.02. The highest BCUT2D eigenvalue weighted by Gasteiger charge is 2.60. The number of anilines is 1. The Kier molecular flexibility index (Phi) is 4.18. The molecule has 1 saturated heterocycles. The lowest BCUT2D eigenvalue weighted by atomic mass is 9.51. The molecule has 2 bridgehead atoms. The second kappa shape index (κ2) is 6.50. The number of fused-ring (bicyclic) bond motifs is 3. The largest absolute Gasteiger partial charge is 0.362 e. The normalized spacial score (nSPS) is 37.0. The van der Waals surface area contributed by atoms with Crippen LogP contribution >= 0.6 is 0 Å². The molecule has 2 aliphatic heterocycles. The summed E-state index contributed by atoms with van der Waals surface area (Å²) in [5.74, 6) is 0.769. The molecule has 0 aromatic heterocycles. The maximum atomic E-state index is 13.5. The highest BCUT2D eigenvalue weighted by atomic mass is 16.2. The quantitative estimate of drug-likeness (QED) is 0.778. The van der Waals surface area contributed by atoms with E-state index in [-0.39, 0.29) is 17.2 Å². The maximum Gasteiger partial charge on any atom is 0.255 e. The van der Waals surface area contributed by atoms with Crippen LogP contribution in [0.3, 0.4) is 0 Å². The van der Waals surface area contributed by atoms with Crippen molar-refractivity contribution in [1.82, 2.24) is 10.2 Å². The van der Waals surface area contributed by atoms with Crippen molar-refractivity contribution in [1.29, 1.82) is 0 Å². The second-order valence-corrected chi connectivity index (χ2v) is 9.69. The van der Waals surface area contributed by atoms with Crippen molar-refractivity contribution in [2.75, 3.05) is 18.4 Å². The van der Waals surface area contributed by atoms with Crippen molar-refractivity contribution in [3.05, 3.63) is 29.8 Å². The van der Waals surface area contributed by atoms with Gasteiger partial charge in [-0.15, -0.1) is 0 Å². The Bertz CT molecular complexity index is 801. The standard InChI is InChI=1S/C23H31N3O2/c1-22-11-10-16(14-18(22)21(28)26-12-6-2-3-7-13-26)23(15-22)24-19-9-5-4-8-17(19)20(27)25-23/h4-5,8-9,16,18,24H,2-3,6-7,10-15H2,1H3,(H,25,27)/t16-,18-,22-,23+/m0/s1. The zero-order valence-electron chi connectivity index (χ0n) is 16.8. The number of amides is 2. The van der Waals surface area contributed by atoms with Crippen LogP contribution in [0.4, 0.5) is 5.69 Å². The van der Waals surface area contributed by atoms with Crippen LogP contribution in [0.25, 0.3) is 0 Å². The fourth-order valence-corrected chi connectivity index (χ4v) is 6.34. The maximum absolute atomic E-state index is 13.5. The fourth-order valence-electron chi connectivity index (χ4n) is 6.34. The SMILES string of the molecule is C[C@@]12CC[C@@H](C[C@H]1C(=O)N1CCCCCC1)[C@@]1(C2)NC(=O)c2ccccc2N1. The molecule has 5 aliphatic rings. The van der Waals surface area contributed by atoms with Gasteiger partial charge in [0, 0.05) is 30.6 Å². The van der Waals surface area contributed by atoms with Crippen LogP contribution in [0.2, 0.25) is 0 Å². The predicted molar refractivity (Wildman–Crippen MR) is 109 cm³/mol. The summed E-state index contributed by atoms with van der Waals surface area (Å²) < 4.78 is 0. The molecule has 150 valence electrons. The summed E-state index contributed by atoms with van der Waals surface area (Å²) in [4.78, 5) is 28.4. The molecule has 3 saturated carbocycles. The monoisotopic (exact) mass is 381 g/mol. The van der Waals surface area contributed by atoms with Gasteiger partial charge >= 0.3 is 0 Å². The van der Waals surface area contributed by atoms with Gasteiger partial charge in [0.15, 0.2) is 0 Å². The van der Waals surface area contributed by atoms with E-state index in [0.717, 1.165) is 62.9 Å². The van der Waals surface area contributed by atoms with E-state index in [1.54, 1.807) is 0 Å². The molecule has 0 unspecified atom stereocenters. The molecule has 2 N–H and O–H groups in total. The van der Waals surface area contributed by atoms with E-state index in [4.69, 9.17) is 0 Å². The Balaban J connectivity index is 1.41. The zero-order chi connectivity index (χ0) is 19.4. The Labute approximate surface area is 167 Å². The van der Waals surface area contributed by atoms with Gasteiger partial charge < -0.3 is 15.5 Å². The van der Waals surface area contributed by atoms with Crippen LogP contribution in [-0.2, 0) is 4.79 Å². The molecule has 6 rings (SSSR count). The Morgan fingerprint density at radius 3 is 2.61 bits per heavy atom. The van der Waals surface area contributed by atoms with Gasteiger partial charge in [0.2, 0.25) is 5.91 Å². The molecular formula is C23H31N3O2. The summed E-state index contributed by atoms with van der Waals surface area (Å²) in [5, 5.41) is 7.01. The topological polar surface area (TPSA) is 61.4 Å². The van der Waals surface area contributed by atoms with E-state index in [0.29, 0.717) is 11.8 Å². The molecule has 4 atom stereocenters. The molecule has 5 nitrogen and oxygen atoms in total. The summed E-state index contributed by atoms with van der Waals surface area (Å²) in [6.07, 6.45) is 8.60. The van der Waals surface area contributed by atoms with Crippen LogP contribution in [0, 0.1) is 17.3 Å². The van der Waals surface area contributed by atoms with Crippen LogP contribution < -0.4 is 10.6 Å². The average molecular weight is 382 g/mol. The lowest BCUT2D eigenvalue weighted by Gasteiger charge is -2.61. The van der Waals surface area contributed by atoms with Crippen molar-refractivity contribution >= 4 is 17.5 Å². The number of hydrogen-bond acceptors (Lipinski definition) is 3. The van der Waals surface area contributed by atoms with E-state index in [2.05, 4.69) is 22.5 Å². The summed E-state index contributed by atoms with van der Waals surface area (Å²) in [6, 6.07) is 7.76. The van der Waals surface area contributed by atoms with E-state index in [9.17, 15) is 9.59 Å². The Hall–Kier alpha value is -2.04. The van der Waals surface area contributed by atoms with Crippen molar-refractivity contribution in [2.24, 2.45) is 17.3 Å². The van der Waals surface area contributed by atoms with E-state index in [1.807, 2.05) is 24.3 Å². The third-order valence-electron chi connectivity index (χ3n) is 7.89. The zero-order valence-corrected chi connectivity index (χ0v) is 16.8. The smallest absolute Gasteiger partial charge is 0.255 e. The number of benzene rings is 1. The van der Waals surface area contributed by atoms with Gasteiger partial charge in [-0.25, -0.2) is 0 Å². The molecule has 3 aliphatic carbocycles. The van der Waals surface area contributed by atoms with Gasteiger partial charge in [0.1, 0.15) is 5.66 Å². The molecule has 5 heteroatoms. The van der Waals surface area contributed by atoms with Crippen LogP contribution in [0.15, 0.2) is 24.3 Å². The number of nitrogens with zero attached hydrogens (tertiary/aromatic N) is 1. The lowest BCUT2D eigenvalue weighted by molar-refractivity contribution is -0.150. The average Bonchev–Trinajstić information content (AvgIpc) is 2.96. The first-order valence-corrected chi connectivity index (χ1v) is 11.0. The molecule has 2 amide bonds. The first-order valence-electron chi connectivity index (χ1n) is 11.0. The van der Waals surface area contributed by atoms with E-state index >= 15 is 0 Å². The molecule has 2 heterocycles. The Morgan fingerprint density at radius 2 is 1.86 bits per heavy atom. The number of para-hydroxylation sites is 1. The molecule has 0 radical (unpaired) electrons. The Morgan fingerprint density at radius 1 is 1.11 bits per heavy atom. The third kappa shape index (κ3) is 2.73. The first kappa shape index (κ1) is 18.0. The number of hydrogen-bond donors (Lipinski definition) is 2. The molecule has 1 aromatic carbocycles. The van der Waals surface area contributed by atoms with E-state index < -0.39 is 5.66 Å². The van der Waals surface area contributed by atoms with Crippen molar-refractivity contribution in [3.8, 4) is 0 Å². The van der Waals surface area contributed by atoms with Crippen molar-refractivity contribution in [2.45, 2.75) is 64.0 Å². The van der Waals surface area contributed by atoms with Gasteiger partial charge in [-0.3, -0.25) is 9.59 Å². The van der Waals surface area contributed by atoms with Crippen molar-refractivity contribution < 1.29 is 9.59 Å². The summed E-state index contributed by atoms with van der Waals surface area (Å²) in [6.45, 7) is 4.12. The molecule has 4 fully saturated rings. The van der Waals surface area contributed by atoms with Crippen LogP contribution in [0.5, 0.6) is 0 Å². The van der Waals surface area contributed by atoms with Gasteiger partial charge in [0.25, 0.3) is 5.91 Å². The summed E-state index contributed by atoms with van der Waals surface area (Å²) >= 11 is 0. The molecule has 1 aromatic rings. The first-order chi connectivity index (χ1) is 13.5. The van der Waals surface area contributed by atoms with Crippen LogP contribution in [0.1, 0.15) is 68.6 Å². The van der Waals surface area contributed by atoms with Crippen molar-refractivity contribution in [3.63, 3.8) is 0 Å². The van der Waals surface area contributed by atoms with Gasteiger partial charge in [-0.05, 0) is 56.1 Å². The predicted octanol–water partition coefficient (Wildman–Crippen LogP) is 3.77. The second-order valence-electron chi connectivity index (χ2n) is 9.69. The number of nitrogens with one attached hydrogen (secondary N) is 2. The minimum Gasteiger partial charge on any atom is -0.362 e. The van der Waals surface area contributed by atoms with Gasteiger partial charge in [-0.2, -0.15) is 0 Å². The minimum absolute atomic E-state index is 0.0147. The summed E-state index contributed by atoms with van der Waals surface area (Å²) in [7, 11) is 0. The lowest BCUT2D eigenvalue weighted by Crippen LogP contribution is -2.70. The van der Waals surface area contributed by atoms with Gasteiger partial charge in [-0.1, -0.05) is 31.9 Å². The third-order valence-corrected chi connectivity index (χ3v) is 7.89.